The molecule has 3 aromatic rings. The summed E-state index contributed by atoms with van der Waals surface area (Å²) in [4.78, 5) is 13.2. The molecule has 0 saturated heterocycles. The van der Waals surface area contributed by atoms with Crippen LogP contribution in [0.15, 0.2) is 64.9 Å². The Kier molecular flexibility index (Phi) is 6.49. The van der Waals surface area contributed by atoms with Gasteiger partial charge in [-0.3, -0.25) is 4.79 Å². The molecule has 3 rings (SSSR count). The first-order valence-corrected chi connectivity index (χ1v) is 9.50. The first-order chi connectivity index (χ1) is 13.0. The number of aryl methyl sites for hydroxylation is 1. The van der Waals surface area contributed by atoms with Crippen molar-refractivity contribution in [3.8, 4) is 0 Å². The summed E-state index contributed by atoms with van der Waals surface area (Å²) in [7, 11) is 1.86. The summed E-state index contributed by atoms with van der Waals surface area (Å²) in [6, 6.07) is 15.1. The lowest BCUT2D eigenvalue weighted by Gasteiger charge is -2.14. The van der Waals surface area contributed by atoms with Crippen LogP contribution >= 0.6 is 23.4 Å². The number of nitrogens with zero attached hydrogens (tertiary/aromatic N) is 3. The smallest absolute Gasteiger partial charge is 0.253 e. The Hall–Kier alpha value is -2.35. The molecule has 0 radical (unpaired) electrons. The third-order valence-corrected chi connectivity index (χ3v) is 5.34. The van der Waals surface area contributed by atoms with Crippen molar-refractivity contribution in [1.29, 1.82) is 0 Å². The Morgan fingerprint density at radius 3 is 2.74 bits per heavy atom. The zero-order valence-electron chi connectivity index (χ0n) is 14.9. The summed E-state index contributed by atoms with van der Waals surface area (Å²) in [5, 5.41) is 11.9. The molecule has 1 aromatic heterocycles. The van der Waals surface area contributed by atoms with Crippen molar-refractivity contribution < 1.29 is 9.53 Å². The predicted octanol–water partition coefficient (Wildman–Crippen LogP) is 4.16. The average Bonchev–Trinajstić information content (AvgIpc) is 3.07. The quantitative estimate of drug-likeness (QED) is 0.642. The Balaban J connectivity index is 1.57. The highest BCUT2D eigenvalue weighted by Gasteiger charge is 2.15. The van der Waals surface area contributed by atoms with E-state index in [4.69, 9.17) is 16.3 Å². The highest BCUT2D eigenvalue weighted by Crippen LogP contribution is 2.33. The number of halogens is 1. The van der Waals surface area contributed by atoms with Gasteiger partial charge in [-0.2, -0.15) is 0 Å². The van der Waals surface area contributed by atoms with Crippen LogP contribution in [0.5, 0.6) is 0 Å². The van der Waals surface area contributed by atoms with E-state index in [2.05, 4.69) is 15.5 Å². The minimum absolute atomic E-state index is 0.226. The SMILES string of the molecule is CC(OCc1ccccc1)C(=O)Nc1ccc(Sc2nncn2C)c(Cl)c1. The van der Waals surface area contributed by atoms with Crippen molar-refractivity contribution in [2.75, 3.05) is 5.32 Å². The number of amides is 1. The minimum Gasteiger partial charge on any atom is -0.364 e. The van der Waals surface area contributed by atoms with Gasteiger partial charge in [0.05, 0.1) is 11.6 Å². The lowest BCUT2D eigenvalue weighted by atomic mass is 10.2. The number of carbonyl (C=O) groups excluding carboxylic acids is 1. The fraction of sp³-hybridized carbons (Fsp3) is 0.211. The summed E-state index contributed by atoms with van der Waals surface area (Å²) in [6.45, 7) is 2.10. The number of nitrogens with one attached hydrogen (secondary N) is 1. The summed E-state index contributed by atoms with van der Waals surface area (Å²) >= 11 is 7.75. The molecular formula is C19H19ClN4O2S. The van der Waals surface area contributed by atoms with E-state index in [1.54, 1.807) is 25.4 Å². The summed E-state index contributed by atoms with van der Waals surface area (Å²) in [6.07, 6.45) is 1.04. The molecule has 0 aliphatic rings. The second kappa shape index (κ2) is 9.03. The van der Waals surface area contributed by atoms with Crippen LogP contribution in [-0.2, 0) is 23.2 Å². The van der Waals surface area contributed by atoms with Crippen LogP contribution in [-0.4, -0.2) is 26.8 Å². The number of benzene rings is 2. The van der Waals surface area contributed by atoms with Crippen molar-refractivity contribution in [1.82, 2.24) is 14.8 Å². The molecule has 0 aliphatic carbocycles. The first-order valence-electron chi connectivity index (χ1n) is 8.30. The van der Waals surface area contributed by atoms with Gasteiger partial charge in [-0.1, -0.05) is 41.9 Å². The third-order valence-electron chi connectivity index (χ3n) is 3.78. The van der Waals surface area contributed by atoms with Gasteiger partial charge in [0, 0.05) is 17.6 Å². The molecule has 2 aromatic carbocycles. The van der Waals surface area contributed by atoms with E-state index in [1.807, 2.05) is 48.0 Å². The van der Waals surface area contributed by atoms with Crippen LogP contribution < -0.4 is 5.32 Å². The fourth-order valence-corrected chi connectivity index (χ4v) is 3.30. The maximum absolute atomic E-state index is 12.3. The zero-order valence-corrected chi connectivity index (χ0v) is 16.5. The highest BCUT2D eigenvalue weighted by atomic mass is 35.5. The molecule has 0 saturated carbocycles. The van der Waals surface area contributed by atoms with Crippen LogP contribution in [0.1, 0.15) is 12.5 Å². The topological polar surface area (TPSA) is 69.0 Å². The van der Waals surface area contributed by atoms with E-state index in [-0.39, 0.29) is 5.91 Å². The summed E-state index contributed by atoms with van der Waals surface area (Å²) < 4.78 is 7.44. The van der Waals surface area contributed by atoms with Gasteiger partial charge in [-0.15, -0.1) is 10.2 Å². The number of anilines is 1. The second-order valence-corrected chi connectivity index (χ2v) is 7.32. The van der Waals surface area contributed by atoms with E-state index < -0.39 is 6.10 Å². The third kappa shape index (κ3) is 5.32. The van der Waals surface area contributed by atoms with Crippen molar-refractivity contribution in [3.63, 3.8) is 0 Å². The van der Waals surface area contributed by atoms with Gasteiger partial charge in [-0.05, 0) is 42.4 Å². The van der Waals surface area contributed by atoms with Gasteiger partial charge < -0.3 is 14.6 Å². The van der Waals surface area contributed by atoms with E-state index in [1.165, 1.54) is 11.8 Å². The van der Waals surface area contributed by atoms with Gasteiger partial charge in [-0.25, -0.2) is 0 Å². The van der Waals surface area contributed by atoms with Gasteiger partial charge in [0.15, 0.2) is 5.16 Å². The molecule has 6 nitrogen and oxygen atoms in total. The molecule has 1 heterocycles. The molecule has 0 fully saturated rings. The van der Waals surface area contributed by atoms with Gasteiger partial charge >= 0.3 is 0 Å². The van der Waals surface area contributed by atoms with Crippen molar-refractivity contribution >= 4 is 35.0 Å². The summed E-state index contributed by atoms with van der Waals surface area (Å²) in [5.74, 6) is -0.226. The first kappa shape index (κ1) is 19.4. The fourth-order valence-electron chi connectivity index (χ4n) is 2.24. The van der Waals surface area contributed by atoms with Gasteiger partial charge in [0.1, 0.15) is 12.4 Å². The average molecular weight is 403 g/mol. The maximum atomic E-state index is 12.3. The number of ether oxygens (including phenoxy) is 1. The monoisotopic (exact) mass is 402 g/mol. The van der Waals surface area contributed by atoms with E-state index in [0.29, 0.717) is 17.3 Å². The molecular weight excluding hydrogens is 384 g/mol. The minimum atomic E-state index is -0.586. The van der Waals surface area contributed by atoms with E-state index in [0.717, 1.165) is 15.6 Å². The van der Waals surface area contributed by atoms with E-state index in [9.17, 15) is 4.79 Å². The van der Waals surface area contributed by atoms with Crippen LogP contribution in [0.25, 0.3) is 0 Å². The van der Waals surface area contributed by atoms with Crippen LogP contribution in [0.2, 0.25) is 5.02 Å². The standard InChI is InChI=1S/C19H19ClN4O2S/c1-13(26-11-14-6-4-3-5-7-14)18(25)22-15-8-9-17(16(20)10-15)27-19-23-21-12-24(19)2/h3-10,12-13H,11H2,1-2H3,(H,22,25). The molecule has 1 atom stereocenters. The van der Waals surface area contributed by atoms with E-state index >= 15 is 0 Å². The molecule has 8 heteroatoms. The number of hydrogen-bond acceptors (Lipinski definition) is 5. The molecule has 1 amide bonds. The number of rotatable bonds is 7. The maximum Gasteiger partial charge on any atom is 0.253 e. The lowest BCUT2D eigenvalue weighted by Crippen LogP contribution is -2.27. The molecule has 1 unspecified atom stereocenters. The Bertz CT molecular complexity index is 917. The summed E-state index contributed by atoms with van der Waals surface area (Å²) in [5.41, 5.74) is 1.63. The van der Waals surface area contributed by atoms with Crippen LogP contribution in [0, 0.1) is 0 Å². The molecule has 0 aliphatic heterocycles. The van der Waals surface area contributed by atoms with Crippen molar-refractivity contribution in [3.05, 3.63) is 65.4 Å². The molecule has 1 N–H and O–H groups in total. The Labute approximate surface area is 166 Å². The largest absolute Gasteiger partial charge is 0.364 e. The molecule has 0 spiro atoms. The van der Waals surface area contributed by atoms with Crippen molar-refractivity contribution in [2.45, 2.75) is 29.7 Å². The Morgan fingerprint density at radius 1 is 1.30 bits per heavy atom. The molecule has 27 heavy (non-hydrogen) atoms. The van der Waals surface area contributed by atoms with Crippen LogP contribution in [0.3, 0.4) is 0 Å². The normalized spacial score (nSPS) is 12.0. The number of aromatic nitrogens is 3. The van der Waals surface area contributed by atoms with Crippen molar-refractivity contribution in [2.24, 2.45) is 7.05 Å². The molecule has 140 valence electrons. The predicted molar refractivity (Wildman–Crippen MR) is 106 cm³/mol. The zero-order chi connectivity index (χ0) is 19.2. The van der Waals surface area contributed by atoms with Crippen LogP contribution in [0.4, 0.5) is 5.69 Å². The molecule has 0 bridgehead atoms. The second-order valence-electron chi connectivity index (χ2n) is 5.90. The highest BCUT2D eigenvalue weighted by molar-refractivity contribution is 7.99. The van der Waals surface area contributed by atoms with Gasteiger partial charge in [0.2, 0.25) is 0 Å². The number of carbonyl (C=O) groups is 1. The Morgan fingerprint density at radius 2 is 2.07 bits per heavy atom. The number of hydrogen-bond donors (Lipinski definition) is 1. The lowest BCUT2D eigenvalue weighted by molar-refractivity contribution is -0.127. The van der Waals surface area contributed by atoms with Gasteiger partial charge in [0.25, 0.3) is 5.91 Å².